The topological polar surface area (TPSA) is 74.4 Å². The quantitative estimate of drug-likeness (QED) is 0.870. The van der Waals surface area contributed by atoms with Crippen molar-refractivity contribution in [3.05, 3.63) is 36.2 Å². The van der Waals surface area contributed by atoms with Gasteiger partial charge < -0.3 is 15.0 Å². The predicted octanol–water partition coefficient (Wildman–Crippen LogP) is 2.05. The normalized spacial score (nSPS) is 23.0. The van der Waals surface area contributed by atoms with Crippen molar-refractivity contribution in [3.8, 4) is 0 Å². The molecule has 0 bridgehead atoms. The lowest BCUT2D eigenvalue weighted by Gasteiger charge is -2.32. The Kier molecular flexibility index (Phi) is 3.34. The number of primary amides is 1. The van der Waals surface area contributed by atoms with Crippen molar-refractivity contribution in [1.29, 1.82) is 0 Å². The van der Waals surface area contributed by atoms with Gasteiger partial charge in [-0.2, -0.15) is 0 Å². The Bertz CT molecular complexity index is 858. The van der Waals surface area contributed by atoms with Crippen LogP contribution in [0.25, 0.3) is 10.8 Å². The Morgan fingerprint density at radius 1 is 1.08 bits per heavy atom. The summed E-state index contributed by atoms with van der Waals surface area (Å²) in [6.45, 7) is 8.17. The lowest BCUT2D eigenvalue weighted by Crippen LogP contribution is -2.41. The Morgan fingerprint density at radius 2 is 1.72 bits per heavy atom. The zero-order valence-electron chi connectivity index (χ0n) is 15.1. The highest BCUT2D eigenvalue weighted by Gasteiger charge is 2.52. The molecule has 1 aliphatic carbocycles. The van der Waals surface area contributed by atoms with E-state index >= 15 is 0 Å². The van der Waals surface area contributed by atoms with Crippen LogP contribution in [-0.2, 0) is 19.5 Å². The maximum atomic E-state index is 11.7. The van der Waals surface area contributed by atoms with E-state index in [1.807, 2.05) is 58.2 Å². The van der Waals surface area contributed by atoms with Crippen LogP contribution < -0.4 is 11.2 Å². The molecule has 2 aromatic rings. The highest BCUT2D eigenvalue weighted by atomic mass is 16.7. The zero-order chi connectivity index (χ0) is 18.0. The van der Waals surface area contributed by atoms with Gasteiger partial charge >= 0.3 is 7.12 Å². The summed E-state index contributed by atoms with van der Waals surface area (Å²) in [6, 6.07) is 8.05. The molecular formula is C19H23BN2O3. The smallest absolute Gasteiger partial charge is 0.399 e. The van der Waals surface area contributed by atoms with E-state index in [2.05, 4.69) is 4.98 Å². The van der Waals surface area contributed by atoms with Crippen molar-refractivity contribution in [2.24, 2.45) is 5.73 Å². The van der Waals surface area contributed by atoms with Crippen molar-refractivity contribution in [2.75, 3.05) is 0 Å². The van der Waals surface area contributed by atoms with Crippen molar-refractivity contribution >= 4 is 29.3 Å². The molecule has 1 saturated heterocycles. The molecule has 1 aromatic carbocycles. The fourth-order valence-corrected chi connectivity index (χ4v) is 3.30. The minimum Gasteiger partial charge on any atom is -0.399 e. The van der Waals surface area contributed by atoms with Crippen LogP contribution in [0.1, 0.15) is 46.2 Å². The summed E-state index contributed by atoms with van der Waals surface area (Å²) in [5, 5.41) is 2.04. The number of nitrogens with two attached hydrogens (primary N) is 1. The molecule has 2 heterocycles. The van der Waals surface area contributed by atoms with Gasteiger partial charge in [0.05, 0.1) is 22.3 Å². The molecule has 0 spiro atoms. The molecule has 0 radical (unpaired) electrons. The molecule has 2 fully saturated rings. The van der Waals surface area contributed by atoms with Crippen molar-refractivity contribution in [2.45, 2.75) is 57.2 Å². The number of hydrogen-bond donors (Lipinski definition) is 1. The second-order valence-corrected chi connectivity index (χ2v) is 8.21. The van der Waals surface area contributed by atoms with Crippen LogP contribution in [0.2, 0.25) is 0 Å². The van der Waals surface area contributed by atoms with Gasteiger partial charge in [0.2, 0.25) is 5.91 Å². The van der Waals surface area contributed by atoms with Gasteiger partial charge in [0.25, 0.3) is 0 Å². The summed E-state index contributed by atoms with van der Waals surface area (Å²) in [6.07, 6.45) is 3.38. The van der Waals surface area contributed by atoms with E-state index in [0.29, 0.717) is 0 Å². The fraction of sp³-hybridized carbons (Fsp3) is 0.474. The molecular weight excluding hydrogens is 315 g/mol. The summed E-state index contributed by atoms with van der Waals surface area (Å²) >= 11 is 0. The summed E-state index contributed by atoms with van der Waals surface area (Å²) < 4.78 is 12.2. The van der Waals surface area contributed by atoms with Crippen molar-refractivity contribution in [1.82, 2.24) is 4.98 Å². The number of fused-ring (bicyclic) bond motifs is 1. The van der Waals surface area contributed by atoms with Crippen LogP contribution in [0.5, 0.6) is 0 Å². The lowest BCUT2D eigenvalue weighted by molar-refractivity contribution is -0.120. The van der Waals surface area contributed by atoms with Gasteiger partial charge in [0.15, 0.2) is 0 Å². The van der Waals surface area contributed by atoms with E-state index in [0.717, 1.165) is 34.8 Å². The number of benzene rings is 1. The van der Waals surface area contributed by atoms with Crippen molar-refractivity contribution in [3.63, 3.8) is 0 Å². The monoisotopic (exact) mass is 338 g/mol. The SMILES string of the molecule is CC1(C)OB(c2ccc3cc(C4(C(N)=O)CC4)ncc3c2)OC1(C)C. The largest absolute Gasteiger partial charge is 0.494 e. The number of nitrogens with zero attached hydrogens (tertiary/aromatic N) is 1. The molecule has 6 heteroatoms. The average molecular weight is 338 g/mol. The van der Waals surface area contributed by atoms with Gasteiger partial charge in [-0.15, -0.1) is 0 Å². The molecule has 5 nitrogen and oxygen atoms in total. The molecule has 2 N–H and O–H groups in total. The van der Waals surface area contributed by atoms with Gasteiger partial charge in [-0.05, 0) is 62.8 Å². The zero-order valence-corrected chi connectivity index (χ0v) is 15.1. The average Bonchev–Trinajstić information content (AvgIpc) is 3.30. The number of carbonyl (C=O) groups is 1. The van der Waals surface area contributed by atoms with E-state index in [4.69, 9.17) is 15.0 Å². The van der Waals surface area contributed by atoms with E-state index in [1.54, 1.807) is 0 Å². The van der Waals surface area contributed by atoms with E-state index in [1.165, 1.54) is 0 Å². The van der Waals surface area contributed by atoms with Gasteiger partial charge in [-0.25, -0.2) is 0 Å². The Morgan fingerprint density at radius 3 is 2.28 bits per heavy atom. The minimum atomic E-state index is -0.557. The molecule has 1 amide bonds. The van der Waals surface area contributed by atoms with E-state index in [9.17, 15) is 4.79 Å². The first-order valence-electron chi connectivity index (χ1n) is 8.70. The van der Waals surface area contributed by atoms with E-state index < -0.39 is 12.5 Å². The third-order valence-electron chi connectivity index (χ3n) is 5.98. The summed E-state index contributed by atoms with van der Waals surface area (Å²) in [5.41, 5.74) is 6.01. The summed E-state index contributed by atoms with van der Waals surface area (Å²) in [7, 11) is -0.394. The van der Waals surface area contributed by atoms with E-state index in [-0.39, 0.29) is 17.1 Å². The van der Waals surface area contributed by atoms with Gasteiger partial charge in [0.1, 0.15) is 0 Å². The Balaban J connectivity index is 1.67. The third-order valence-corrected chi connectivity index (χ3v) is 5.98. The maximum absolute atomic E-state index is 11.7. The van der Waals surface area contributed by atoms with Crippen LogP contribution in [-0.4, -0.2) is 29.2 Å². The second-order valence-electron chi connectivity index (χ2n) is 8.21. The van der Waals surface area contributed by atoms with Crippen LogP contribution in [0.4, 0.5) is 0 Å². The number of aromatic nitrogens is 1. The van der Waals surface area contributed by atoms with Crippen LogP contribution in [0.3, 0.4) is 0 Å². The molecule has 1 aliphatic heterocycles. The Labute approximate surface area is 148 Å². The molecule has 1 saturated carbocycles. The summed E-state index contributed by atoms with van der Waals surface area (Å²) in [5.74, 6) is -0.284. The number of pyridine rings is 1. The number of rotatable bonds is 3. The molecule has 25 heavy (non-hydrogen) atoms. The minimum absolute atomic E-state index is 0.284. The second kappa shape index (κ2) is 5.05. The molecule has 4 rings (SSSR count). The van der Waals surface area contributed by atoms with Gasteiger partial charge in [-0.1, -0.05) is 18.2 Å². The number of hydrogen-bond acceptors (Lipinski definition) is 4. The van der Waals surface area contributed by atoms with Gasteiger partial charge in [0, 0.05) is 6.20 Å². The highest BCUT2D eigenvalue weighted by Crippen LogP contribution is 2.47. The van der Waals surface area contributed by atoms with Crippen LogP contribution in [0, 0.1) is 0 Å². The van der Waals surface area contributed by atoms with Crippen LogP contribution in [0.15, 0.2) is 30.5 Å². The lowest BCUT2D eigenvalue weighted by atomic mass is 9.78. The van der Waals surface area contributed by atoms with Gasteiger partial charge in [-0.3, -0.25) is 9.78 Å². The number of carbonyl (C=O) groups excluding carboxylic acids is 1. The first kappa shape index (κ1) is 16.5. The summed E-state index contributed by atoms with van der Waals surface area (Å²) in [4.78, 5) is 16.2. The van der Waals surface area contributed by atoms with Crippen molar-refractivity contribution < 1.29 is 14.1 Å². The third kappa shape index (κ3) is 2.47. The molecule has 0 unspecified atom stereocenters. The first-order valence-corrected chi connectivity index (χ1v) is 8.70. The highest BCUT2D eigenvalue weighted by molar-refractivity contribution is 6.62. The molecule has 0 atom stereocenters. The fourth-order valence-electron chi connectivity index (χ4n) is 3.30. The maximum Gasteiger partial charge on any atom is 0.494 e. The predicted molar refractivity (Wildman–Crippen MR) is 97.6 cm³/mol. The molecule has 2 aliphatic rings. The number of amides is 1. The molecule has 130 valence electrons. The molecule has 1 aromatic heterocycles. The standard InChI is InChI=1S/C19H23BN2O3/c1-17(2)18(3,4)25-20(24-17)14-6-5-12-10-15(22-11-13(12)9-14)19(7-8-19)16(21)23/h5-6,9-11H,7-8H2,1-4H3,(H2,21,23). The first-order chi connectivity index (χ1) is 11.6. The van der Waals surface area contributed by atoms with Crippen LogP contribution >= 0.6 is 0 Å². The Hall–Kier alpha value is -1.92.